The summed E-state index contributed by atoms with van der Waals surface area (Å²) >= 11 is 12.1. The van der Waals surface area contributed by atoms with Crippen LogP contribution in [0.15, 0.2) is 23.1 Å². The maximum atomic E-state index is 11.2. The Morgan fingerprint density at radius 1 is 1.33 bits per heavy atom. The van der Waals surface area contributed by atoms with Gasteiger partial charge in [0, 0.05) is 17.7 Å². The number of aromatic nitrogens is 2. The van der Waals surface area contributed by atoms with Gasteiger partial charge in [-0.2, -0.15) is 5.10 Å². The first kappa shape index (κ1) is 16.4. The highest BCUT2D eigenvalue weighted by molar-refractivity contribution is 8.13. The zero-order valence-corrected chi connectivity index (χ0v) is 14.2. The minimum Gasteiger partial charge on any atom is -0.486 e. The summed E-state index contributed by atoms with van der Waals surface area (Å²) in [5, 5.41) is 4.83. The lowest BCUT2D eigenvalue weighted by Gasteiger charge is -2.09. The summed E-state index contributed by atoms with van der Waals surface area (Å²) in [5.74, 6) is 0.329. The molecule has 0 unspecified atom stereocenters. The Labute approximate surface area is 136 Å². The first-order valence-corrected chi connectivity index (χ1v) is 8.81. The van der Waals surface area contributed by atoms with E-state index in [9.17, 15) is 8.42 Å². The molecule has 0 N–H and O–H groups in total. The van der Waals surface area contributed by atoms with Crippen LogP contribution in [0, 0.1) is 6.92 Å². The van der Waals surface area contributed by atoms with Crippen LogP contribution in [0.4, 0.5) is 0 Å². The van der Waals surface area contributed by atoms with Crippen LogP contribution >= 0.6 is 33.9 Å². The third-order valence-corrected chi connectivity index (χ3v) is 4.95. The van der Waals surface area contributed by atoms with Crippen molar-refractivity contribution in [1.29, 1.82) is 0 Å². The van der Waals surface area contributed by atoms with Crippen LogP contribution in [0.1, 0.15) is 11.4 Å². The lowest BCUT2D eigenvalue weighted by atomic mass is 10.3. The normalized spacial score (nSPS) is 11.7. The Hall–Kier alpha value is -0.950. The predicted molar refractivity (Wildman–Crippen MR) is 81.8 cm³/mol. The second-order valence-electron chi connectivity index (χ2n) is 4.29. The minimum atomic E-state index is -3.82. The van der Waals surface area contributed by atoms with Gasteiger partial charge in [0.25, 0.3) is 9.05 Å². The van der Waals surface area contributed by atoms with E-state index in [4.69, 9.17) is 38.6 Å². The second kappa shape index (κ2) is 6.04. The van der Waals surface area contributed by atoms with Crippen molar-refractivity contribution in [3.63, 3.8) is 0 Å². The van der Waals surface area contributed by atoms with Crippen molar-refractivity contribution in [2.24, 2.45) is 7.05 Å². The number of aryl methyl sites for hydroxylation is 2. The highest BCUT2D eigenvalue weighted by Crippen LogP contribution is 2.30. The summed E-state index contributed by atoms with van der Waals surface area (Å²) in [6, 6.07) is 3.99. The van der Waals surface area contributed by atoms with E-state index in [1.165, 1.54) is 18.2 Å². The third-order valence-electron chi connectivity index (χ3n) is 2.81. The molecule has 0 saturated heterocycles. The smallest absolute Gasteiger partial charge is 0.261 e. The molecule has 0 bridgehead atoms. The average molecular weight is 370 g/mol. The van der Waals surface area contributed by atoms with E-state index in [1.54, 1.807) is 18.7 Å². The molecule has 9 heteroatoms. The molecule has 0 aliphatic carbocycles. The Bertz CT molecular complexity index is 787. The van der Waals surface area contributed by atoms with Gasteiger partial charge < -0.3 is 4.74 Å². The van der Waals surface area contributed by atoms with Crippen LogP contribution in [0.5, 0.6) is 5.75 Å². The molecule has 0 fully saturated rings. The maximum Gasteiger partial charge on any atom is 0.261 e. The molecule has 5 nitrogen and oxygen atoms in total. The molecule has 0 aliphatic rings. The molecular weight excluding hydrogens is 359 g/mol. The number of ether oxygens (including phenoxy) is 1. The monoisotopic (exact) mass is 368 g/mol. The molecular formula is C12H11Cl3N2O3S. The van der Waals surface area contributed by atoms with Gasteiger partial charge in [0.15, 0.2) is 0 Å². The van der Waals surface area contributed by atoms with Crippen LogP contribution < -0.4 is 4.74 Å². The third kappa shape index (κ3) is 3.63. The fraction of sp³-hybridized carbons (Fsp3) is 0.250. The second-order valence-corrected chi connectivity index (χ2v) is 7.64. The Balaban J connectivity index is 2.21. The summed E-state index contributed by atoms with van der Waals surface area (Å²) in [5.41, 5.74) is 1.40. The Morgan fingerprint density at radius 3 is 2.48 bits per heavy atom. The van der Waals surface area contributed by atoms with Crippen molar-refractivity contribution >= 4 is 42.9 Å². The Morgan fingerprint density at radius 2 is 2.00 bits per heavy atom. The van der Waals surface area contributed by atoms with E-state index in [0.29, 0.717) is 22.2 Å². The van der Waals surface area contributed by atoms with Crippen LogP contribution in [0.2, 0.25) is 10.0 Å². The average Bonchev–Trinajstić information content (AvgIpc) is 2.61. The molecule has 0 amide bonds. The Kier molecular flexibility index (Phi) is 4.72. The van der Waals surface area contributed by atoms with Crippen LogP contribution in [0.3, 0.4) is 0 Å². The lowest BCUT2D eigenvalue weighted by Crippen LogP contribution is -2.04. The number of nitrogens with zero attached hydrogens (tertiary/aromatic N) is 2. The molecule has 0 aliphatic heterocycles. The standard InChI is InChI=1S/C12H11Cl3N2O3S/c1-7-12(14)10(17(2)16-7)6-20-11-4-3-8(5-9(11)13)21(15,18)19/h3-5H,6H2,1-2H3. The predicted octanol–water partition coefficient (Wildman–Crippen LogP) is 3.54. The molecule has 0 saturated carbocycles. The van der Waals surface area contributed by atoms with Gasteiger partial charge in [0.2, 0.25) is 0 Å². The van der Waals surface area contributed by atoms with Crippen molar-refractivity contribution in [3.8, 4) is 5.75 Å². The highest BCUT2D eigenvalue weighted by atomic mass is 35.7. The molecule has 2 aromatic rings. The molecule has 1 aromatic heterocycles. The van der Waals surface area contributed by atoms with Gasteiger partial charge >= 0.3 is 0 Å². The van der Waals surface area contributed by atoms with Crippen LogP contribution in [-0.2, 0) is 22.7 Å². The van der Waals surface area contributed by atoms with E-state index >= 15 is 0 Å². The quantitative estimate of drug-likeness (QED) is 0.773. The summed E-state index contributed by atoms with van der Waals surface area (Å²) in [6.45, 7) is 1.95. The van der Waals surface area contributed by atoms with Crippen molar-refractivity contribution in [3.05, 3.63) is 39.6 Å². The number of rotatable bonds is 4. The van der Waals surface area contributed by atoms with Gasteiger partial charge in [-0.15, -0.1) is 0 Å². The lowest BCUT2D eigenvalue weighted by molar-refractivity contribution is 0.295. The zero-order chi connectivity index (χ0) is 15.8. The van der Waals surface area contributed by atoms with Gasteiger partial charge in [-0.1, -0.05) is 23.2 Å². The summed E-state index contributed by atoms with van der Waals surface area (Å²) in [4.78, 5) is -0.0871. The highest BCUT2D eigenvalue weighted by Gasteiger charge is 2.15. The van der Waals surface area contributed by atoms with Gasteiger partial charge in [0.05, 0.1) is 26.3 Å². The van der Waals surface area contributed by atoms with Crippen LogP contribution in [-0.4, -0.2) is 18.2 Å². The molecule has 1 heterocycles. The molecule has 0 atom stereocenters. The van der Waals surface area contributed by atoms with Gasteiger partial charge in [0.1, 0.15) is 12.4 Å². The summed E-state index contributed by atoms with van der Waals surface area (Å²) < 4.78 is 29.6. The topological polar surface area (TPSA) is 61.2 Å². The van der Waals surface area contributed by atoms with E-state index in [0.717, 1.165) is 0 Å². The van der Waals surface area contributed by atoms with Crippen molar-refractivity contribution in [2.45, 2.75) is 18.4 Å². The fourth-order valence-electron chi connectivity index (χ4n) is 1.73. The largest absolute Gasteiger partial charge is 0.486 e. The minimum absolute atomic E-state index is 0.0871. The SMILES string of the molecule is Cc1nn(C)c(COc2ccc(S(=O)(=O)Cl)cc2Cl)c1Cl. The number of halogens is 3. The maximum absolute atomic E-state index is 11.2. The first-order valence-electron chi connectivity index (χ1n) is 5.75. The summed E-state index contributed by atoms with van der Waals surface area (Å²) in [6.07, 6.45) is 0. The molecule has 21 heavy (non-hydrogen) atoms. The van der Waals surface area contributed by atoms with Crippen molar-refractivity contribution < 1.29 is 13.2 Å². The summed E-state index contributed by atoms with van der Waals surface area (Å²) in [7, 11) is 3.17. The number of hydrogen-bond acceptors (Lipinski definition) is 4. The molecule has 0 radical (unpaired) electrons. The van der Waals surface area contributed by atoms with Crippen molar-refractivity contribution in [2.75, 3.05) is 0 Å². The molecule has 2 rings (SSSR count). The van der Waals surface area contributed by atoms with E-state index in [-0.39, 0.29) is 16.5 Å². The van der Waals surface area contributed by atoms with E-state index < -0.39 is 9.05 Å². The van der Waals surface area contributed by atoms with E-state index in [1.807, 2.05) is 0 Å². The number of benzene rings is 1. The van der Waals surface area contributed by atoms with E-state index in [2.05, 4.69) is 5.10 Å². The van der Waals surface area contributed by atoms with Gasteiger partial charge in [-0.05, 0) is 25.1 Å². The molecule has 114 valence electrons. The number of hydrogen-bond donors (Lipinski definition) is 0. The van der Waals surface area contributed by atoms with Crippen LogP contribution in [0.25, 0.3) is 0 Å². The van der Waals surface area contributed by atoms with Crippen molar-refractivity contribution in [1.82, 2.24) is 9.78 Å². The fourth-order valence-corrected chi connectivity index (χ4v) is 3.02. The van der Waals surface area contributed by atoms with Gasteiger partial charge in [-0.25, -0.2) is 8.42 Å². The first-order chi connectivity index (χ1) is 9.70. The molecule has 0 spiro atoms. The zero-order valence-electron chi connectivity index (χ0n) is 11.1. The van der Waals surface area contributed by atoms with Gasteiger partial charge in [-0.3, -0.25) is 4.68 Å². The molecule has 1 aromatic carbocycles.